The minimum Gasteiger partial charge on any atom is -0.349 e. The first-order valence-electron chi connectivity index (χ1n) is 3.80. The maximum absolute atomic E-state index is 2.24. The van der Waals surface area contributed by atoms with E-state index in [1.54, 1.807) is 0 Å². The standard InChI is InChI=1S/C9H15N/c1-4-9(2,3)10-7-5-6-8-10/h5-8H,4H2,1-3H3. The first kappa shape index (κ1) is 7.39. The molecule has 0 amide bonds. The molecule has 0 atom stereocenters. The second-order valence-electron chi connectivity index (χ2n) is 3.26. The summed E-state index contributed by atoms with van der Waals surface area (Å²) in [6, 6.07) is 4.13. The number of hydrogen-bond acceptors (Lipinski definition) is 0. The highest BCUT2D eigenvalue weighted by Crippen LogP contribution is 2.18. The summed E-state index contributed by atoms with van der Waals surface area (Å²) in [6.45, 7) is 6.69. The SMILES string of the molecule is CCC(C)(C)n1cccc1. The minimum absolute atomic E-state index is 0.281. The molecular formula is C9H15N. The lowest BCUT2D eigenvalue weighted by atomic mass is 10.0. The second kappa shape index (κ2) is 2.49. The molecule has 1 aromatic rings. The van der Waals surface area contributed by atoms with E-state index in [1.165, 1.54) is 6.42 Å². The van der Waals surface area contributed by atoms with E-state index in [9.17, 15) is 0 Å². The van der Waals surface area contributed by atoms with Crippen LogP contribution in [-0.4, -0.2) is 4.57 Å². The summed E-state index contributed by atoms with van der Waals surface area (Å²) in [6.07, 6.45) is 5.40. The van der Waals surface area contributed by atoms with Crippen molar-refractivity contribution in [1.82, 2.24) is 4.57 Å². The van der Waals surface area contributed by atoms with Gasteiger partial charge in [0, 0.05) is 17.9 Å². The smallest absolute Gasteiger partial charge is 0.0381 e. The molecule has 0 saturated heterocycles. The predicted molar refractivity (Wildman–Crippen MR) is 44.0 cm³/mol. The van der Waals surface area contributed by atoms with Gasteiger partial charge in [-0.25, -0.2) is 0 Å². The Kier molecular flexibility index (Phi) is 1.84. The fourth-order valence-corrected chi connectivity index (χ4v) is 0.921. The van der Waals surface area contributed by atoms with Crippen LogP contribution in [0.5, 0.6) is 0 Å². The summed E-state index contributed by atoms with van der Waals surface area (Å²) in [4.78, 5) is 0. The van der Waals surface area contributed by atoms with Gasteiger partial charge in [0.15, 0.2) is 0 Å². The Bertz CT molecular complexity index is 185. The Morgan fingerprint density at radius 3 is 2.10 bits per heavy atom. The van der Waals surface area contributed by atoms with Crippen LogP contribution in [-0.2, 0) is 5.54 Å². The van der Waals surface area contributed by atoms with Gasteiger partial charge in [0.05, 0.1) is 0 Å². The third-order valence-electron chi connectivity index (χ3n) is 2.17. The van der Waals surface area contributed by atoms with Crippen molar-refractivity contribution in [2.45, 2.75) is 32.7 Å². The third kappa shape index (κ3) is 1.23. The zero-order valence-electron chi connectivity index (χ0n) is 6.96. The highest BCUT2D eigenvalue weighted by molar-refractivity contribution is 4.95. The van der Waals surface area contributed by atoms with Gasteiger partial charge in [0.1, 0.15) is 0 Å². The number of hydrogen-bond donors (Lipinski definition) is 0. The number of aromatic nitrogens is 1. The zero-order valence-corrected chi connectivity index (χ0v) is 6.96. The molecule has 0 spiro atoms. The largest absolute Gasteiger partial charge is 0.349 e. The molecule has 0 saturated carbocycles. The van der Waals surface area contributed by atoms with Crippen LogP contribution in [0.4, 0.5) is 0 Å². The normalized spacial score (nSPS) is 11.9. The van der Waals surface area contributed by atoms with E-state index >= 15 is 0 Å². The molecule has 0 unspecified atom stereocenters. The molecule has 0 aliphatic rings. The molecule has 1 heterocycles. The molecule has 0 radical (unpaired) electrons. The van der Waals surface area contributed by atoms with Crippen molar-refractivity contribution in [1.29, 1.82) is 0 Å². The molecule has 1 heteroatoms. The van der Waals surface area contributed by atoms with E-state index in [0.29, 0.717) is 0 Å². The van der Waals surface area contributed by atoms with Crippen LogP contribution in [0.25, 0.3) is 0 Å². The van der Waals surface area contributed by atoms with E-state index in [4.69, 9.17) is 0 Å². The average Bonchev–Trinajstić information content (AvgIpc) is 2.38. The number of rotatable bonds is 2. The van der Waals surface area contributed by atoms with Crippen molar-refractivity contribution in [3.8, 4) is 0 Å². The first-order valence-corrected chi connectivity index (χ1v) is 3.80. The molecule has 0 aliphatic heterocycles. The van der Waals surface area contributed by atoms with Crippen molar-refractivity contribution in [2.24, 2.45) is 0 Å². The molecule has 56 valence electrons. The lowest BCUT2D eigenvalue weighted by Crippen LogP contribution is -2.23. The monoisotopic (exact) mass is 137 g/mol. The van der Waals surface area contributed by atoms with Crippen LogP contribution >= 0.6 is 0 Å². The van der Waals surface area contributed by atoms with Gasteiger partial charge >= 0.3 is 0 Å². The fraction of sp³-hybridized carbons (Fsp3) is 0.556. The molecule has 0 bridgehead atoms. The molecule has 1 aromatic heterocycles. The summed E-state index contributed by atoms with van der Waals surface area (Å²) < 4.78 is 2.24. The fourth-order valence-electron chi connectivity index (χ4n) is 0.921. The summed E-state index contributed by atoms with van der Waals surface area (Å²) >= 11 is 0. The van der Waals surface area contributed by atoms with Gasteiger partial charge in [-0.05, 0) is 32.4 Å². The van der Waals surface area contributed by atoms with E-state index in [0.717, 1.165) is 0 Å². The summed E-state index contributed by atoms with van der Waals surface area (Å²) in [5.74, 6) is 0. The van der Waals surface area contributed by atoms with Gasteiger partial charge in [-0.15, -0.1) is 0 Å². The topological polar surface area (TPSA) is 4.93 Å². The minimum atomic E-state index is 0.281. The summed E-state index contributed by atoms with van der Waals surface area (Å²) in [5.41, 5.74) is 0.281. The number of nitrogens with zero attached hydrogens (tertiary/aromatic N) is 1. The van der Waals surface area contributed by atoms with E-state index < -0.39 is 0 Å². The van der Waals surface area contributed by atoms with E-state index in [2.05, 4.69) is 49.9 Å². The van der Waals surface area contributed by atoms with Crippen LogP contribution in [0, 0.1) is 0 Å². The Labute approximate surface area is 62.7 Å². The third-order valence-corrected chi connectivity index (χ3v) is 2.17. The predicted octanol–water partition coefficient (Wildman–Crippen LogP) is 2.63. The summed E-state index contributed by atoms with van der Waals surface area (Å²) in [7, 11) is 0. The van der Waals surface area contributed by atoms with E-state index in [-0.39, 0.29) is 5.54 Å². The molecule has 0 fully saturated rings. The molecule has 1 nitrogen and oxygen atoms in total. The molecule has 1 rings (SSSR count). The molecule has 0 N–H and O–H groups in total. The van der Waals surface area contributed by atoms with Crippen molar-refractivity contribution >= 4 is 0 Å². The van der Waals surface area contributed by atoms with E-state index in [1.807, 2.05) is 0 Å². The quantitative estimate of drug-likeness (QED) is 0.590. The first-order chi connectivity index (χ1) is 4.67. The summed E-state index contributed by atoms with van der Waals surface area (Å²) in [5, 5.41) is 0. The van der Waals surface area contributed by atoms with Gasteiger partial charge in [-0.3, -0.25) is 0 Å². The van der Waals surface area contributed by atoms with Gasteiger partial charge < -0.3 is 4.57 Å². The van der Waals surface area contributed by atoms with Gasteiger partial charge in [-0.1, -0.05) is 6.92 Å². The molecule has 0 aromatic carbocycles. The van der Waals surface area contributed by atoms with Gasteiger partial charge in [0.25, 0.3) is 0 Å². The molecule has 10 heavy (non-hydrogen) atoms. The highest BCUT2D eigenvalue weighted by atomic mass is 15.0. The second-order valence-corrected chi connectivity index (χ2v) is 3.26. The van der Waals surface area contributed by atoms with Crippen molar-refractivity contribution < 1.29 is 0 Å². The van der Waals surface area contributed by atoms with Gasteiger partial charge in [-0.2, -0.15) is 0 Å². The highest BCUT2D eigenvalue weighted by Gasteiger charge is 2.14. The Hall–Kier alpha value is -0.720. The van der Waals surface area contributed by atoms with Gasteiger partial charge in [0.2, 0.25) is 0 Å². The van der Waals surface area contributed by atoms with Crippen LogP contribution in [0.15, 0.2) is 24.5 Å². The Morgan fingerprint density at radius 2 is 1.70 bits per heavy atom. The van der Waals surface area contributed by atoms with Crippen LogP contribution < -0.4 is 0 Å². The Balaban J connectivity index is 2.85. The maximum atomic E-state index is 2.24. The van der Waals surface area contributed by atoms with Crippen molar-refractivity contribution in [3.63, 3.8) is 0 Å². The maximum Gasteiger partial charge on any atom is 0.0381 e. The van der Waals surface area contributed by atoms with Crippen LogP contribution in [0.1, 0.15) is 27.2 Å². The van der Waals surface area contributed by atoms with Crippen LogP contribution in [0.2, 0.25) is 0 Å². The van der Waals surface area contributed by atoms with Crippen molar-refractivity contribution in [3.05, 3.63) is 24.5 Å². The molecular weight excluding hydrogens is 122 g/mol. The molecule has 0 aliphatic carbocycles. The Morgan fingerprint density at radius 1 is 1.20 bits per heavy atom. The van der Waals surface area contributed by atoms with Crippen LogP contribution in [0.3, 0.4) is 0 Å². The lowest BCUT2D eigenvalue weighted by Gasteiger charge is -2.24. The lowest BCUT2D eigenvalue weighted by molar-refractivity contribution is 0.343. The zero-order chi connectivity index (χ0) is 7.61. The van der Waals surface area contributed by atoms with Crippen molar-refractivity contribution in [2.75, 3.05) is 0 Å². The average molecular weight is 137 g/mol.